The molecule has 0 saturated carbocycles. The standard InChI is InChI=1S/C9H16N2/c1-4-8-7-11(6-3)9(5-2)10-8/h7H,4-6H2,1-3H3/p+1. The molecule has 1 aromatic rings. The van der Waals surface area contributed by atoms with Crippen molar-refractivity contribution in [3.8, 4) is 0 Å². The molecule has 0 aliphatic rings. The van der Waals surface area contributed by atoms with Crippen molar-refractivity contribution in [3.63, 3.8) is 0 Å². The molecule has 0 fully saturated rings. The maximum Gasteiger partial charge on any atom is 0.254 e. The molecule has 0 atom stereocenters. The first-order valence-corrected chi connectivity index (χ1v) is 4.42. The number of aromatic amines is 1. The van der Waals surface area contributed by atoms with Gasteiger partial charge in [-0.3, -0.25) is 0 Å². The minimum Gasteiger partial charge on any atom is -0.245 e. The third kappa shape index (κ3) is 1.62. The number of H-pyrrole nitrogens is 1. The van der Waals surface area contributed by atoms with Crippen LogP contribution in [0.5, 0.6) is 0 Å². The highest BCUT2D eigenvalue weighted by Gasteiger charge is 2.09. The van der Waals surface area contributed by atoms with E-state index in [1.165, 1.54) is 11.5 Å². The third-order valence-electron chi connectivity index (χ3n) is 2.02. The van der Waals surface area contributed by atoms with Crippen molar-refractivity contribution in [2.45, 2.75) is 40.2 Å². The van der Waals surface area contributed by atoms with Crippen molar-refractivity contribution >= 4 is 0 Å². The van der Waals surface area contributed by atoms with Gasteiger partial charge < -0.3 is 0 Å². The molecule has 11 heavy (non-hydrogen) atoms. The van der Waals surface area contributed by atoms with E-state index in [4.69, 9.17) is 0 Å². The molecule has 0 saturated heterocycles. The highest BCUT2D eigenvalue weighted by Crippen LogP contribution is 1.96. The number of nitrogens with one attached hydrogen (secondary N) is 1. The Kier molecular flexibility index (Phi) is 2.69. The molecule has 2 heteroatoms. The normalized spacial score (nSPS) is 10.5. The highest BCUT2D eigenvalue weighted by atomic mass is 15.1. The predicted octanol–water partition coefficient (Wildman–Crippen LogP) is 1.45. The highest BCUT2D eigenvalue weighted by molar-refractivity contribution is 4.93. The van der Waals surface area contributed by atoms with Crippen molar-refractivity contribution < 1.29 is 4.57 Å². The summed E-state index contributed by atoms with van der Waals surface area (Å²) in [6.45, 7) is 7.59. The van der Waals surface area contributed by atoms with Crippen LogP contribution in [0.2, 0.25) is 0 Å². The molecule has 0 unspecified atom stereocenters. The number of hydrogen-bond donors (Lipinski definition) is 1. The summed E-state index contributed by atoms with van der Waals surface area (Å²) < 4.78 is 2.28. The van der Waals surface area contributed by atoms with Gasteiger partial charge in [0.25, 0.3) is 5.82 Å². The fourth-order valence-corrected chi connectivity index (χ4v) is 1.31. The van der Waals surface area contributed by atoms with E-state index in [1.807, 2.05) is 0 Å². The Labute approximate surface area is 68.3 Å². The fourth-order valence-electron chi connectivity index (χ4n) is 1.31. The molecule has 62 valence electrons. The summed E-state index contributed by atoms with van der Waals surface area (Å²) in [4.78, 5) is 3.40. The largest absolute Gasteiger partial charge is 0.254 e. The lowest BCUT2D eigenvalue weighted by molar-refractivity contribution is -0.699. The Morgan fingerprint density at radius 2 is 2.00 bits per heavy atom. The number of aromatic nitrogens is 2. The summed E-state index contributed by atoms with van der Waals surface area (Å²) in [5, 5.41) is 0. The Balaban J connectivity index is 2.92. The van der Waals surface area contributed by atoms with E-state index in [0.717, 1.165) is 19.4 Å². The minimum absolute atomic E-state index is 1.07. The van der Waals surface area contributed by atoms with Gasteiger partial charge in [-0.1, -0.05) is 13.8 Å². The van der Waals surface area contributed by atoms with E-state index < -0.39 is 0 Å². The maximum absolute atomic E-state index is 3.40. The van der Waals surface area contributed by atoms with Crippen molar-refractivity contribution in [2.75, 3.05) is 0 Å². The van der Waals surface area contributed by atoms with Crippen LogP contribution in [0.15, 0.2) is 6.20 Å². The maximum atomic E-state index is 3.40. The molecule has 0 aliphatic heterocycles. The van der Waals surface area contributed by atoms with Crippen molar-refractivity contribution in [3.05, 3.63) is 17.7 Å². The Morgan fingerprint density at radius 3 is 2.36 bits per heavy atom. The summed E-state index contributed by atoms with van der Waals surface area (Å²) in [7, 11) is 0. The number of hydrogen-bond acceptors (Lipinski definition) is 0. The lowest BCUT2D eigenvalue weighted by Crippen LogP contribution is -2.34. The van der Waals surface area contributed by atoms with E-state index >= 15 is 0 Å². The van der Waals surface area contributed by atoms with Crippen LogP contribution >= 0.6 is 0 Å². The summed E-state index contributed by atoms with van der Waals surface area (Å²) >= 11 is 0. The second-order valence-electron chi connectivity index (χ2n) is 2.72. The smallest absolute Gasteiger partial charge is 0.245 e. The average Bonchev–Trinajstić information content (AvgIpc) is 2.46. The van der Waals surface area contributed by atoms with Crippen LogP contribution in [0.4, 0.5) is 0 Å². The van der Waals surface area contributed by atoms with Gasteiger partial charge in [0.15, 0.2) is 0 Å². The molecule has 0 aliphatic carbocycles. The van der Waals surface area contributed by atoms with Crippen LogP contribution in [-0.4, -0.2) is 4.98 Å². The number of aryl methyl sites for hydroxylation is 3. The van der Waals surface area contributed by atoms with Gasteiger partial charge in [-0.15, -0.1) is 0 Å². The number of imidazole rings is 1. The first-order valence-electron chi connectivity index (χ1n) is 4.42. The molecule has 1 aromatic heterocycles. The lowest BCUT2D eigenvalue weighted by atomic mass is 10.4. The van der Waals surface area contributed by atoms with E-state index in [1.54, 1.807) is 0 Å². The van der Waals surface area contributed by atoms with Crippen LogP contribution < -0.4 is 4.57 Å². The third-order valence-corrected chi connectivity index (χ3v) is 2.02. The molecule has 0 bridgehead atoms. The topological polar surface area (TPSA) is 19.7 Å². The van der Waals surface area contributed by atoms with E-state index in [9.17, 15) is 0 Å². The van der Waals surface area contributed by atoms with Gasteiger partial charge in [-0.25, -0.2) is 9.55 Å². The van der Waals surface area contributed by atoms with Gasteiger partial charge in [0, 0.05) is 12.8 Å². The van der Waals surface area contributed by atoms with Gasteiger partial charge in [0.1, 0.15) is 11.9 Å². The molecule has 0 radical (unpaired) electrons. The monoisotopic (exact) mass is 153 g/mol. The fraction of sp³-hybridized carbons (Fsp3) is 0.667. The molecule has 1 N–H and O–H groups in total. The minimum atomic E-state index is 1.07. The first-order chi connectivity index (χ1) is 5.31. The molecular formula is C9H17N2+. The average molecular weight is 153 g/mol. The summed E-state index contributed by atoms with van der Waals surface area (Å²) in [5.74, 6) is 1.34. The lowest BCUT2D eigenvalue weighted by Gasteiger charge is -1.90. The molecule has 0 aromatic carbocycles. The zero-order valence-electron chi connectivity index (χ0n) is 7.65. The van der Waals surface area contributed by atoms with E-state index in [-0.39, 0.29) is 0 Å². The zero-order valence-corrected chi connectivity index (χ0v) is 7.65. The van der Waals surface area contributed by atoms with Gasteiger partial charge >= 0.3 is 0 Å². The quantitative estimate of drug-likeness (QED) is 0.634. The molecule has 0 amide bonds. The summed E-state index contributed by atoms with van der Waals surface area (Å²) in [6, 6.07) is 0. The van der Waals surface area contributed by atoms with Crippen LogP contribution in [0, 0.1) is 0 Å². The predicted molar refractivity (Wildman–Crippen MR) is 45.4 cm³/mol. The number of rotatable bonds is 3. The van der Waals surface area contributed by atoms with E-state index in [0.29, 0.717) is 0 Å². The first kappa shape index (κ1) is 8.31. The second kappa shape index (κ2) is 3.56. The molecule has 1 heterocycles. The van der Waals surface area contributed by atoms with Gasteiger partial charge in [-0.2, -0.15) is 0 Å². The number of nitrogens with zero attached hydrogens (tertiary/aromatic N) is 1. The summed E-state index contributed by atoms with van der Waals surface area (Å²) in [6.07, 6.45) is 4.40. The van der Waals surface area contributed by atoms with Crippen molar-refractivity contribution in [1.82, 2.24) is 4.98 Å². The van der Waals surface area contributed by atoms with Crippen molar-refractivity contribution in [1.29, 1.82) is 0 Å². The Hall–Kier alpha value is -0.790. The van der Waals surface area contributed by atoms with Gasteiger partial charge in [0.2, 0.25) is 0 Å². The Bertz CT molecular complexity index is 204. The molecule has 1 rings (SSSR count). The van der Waals surface area contributed by atoms with Gasteiger partial charge in [0.05, 0.1) is 6.54 Å². The zero-order chi connectivity index (χ0) is 8.27. The van der Waals surface area contributed by atoms with Crippen LogP contribution in [-0.2, 0) is 19.4 Å². The Morgan fingerprint density at radius 1 is 1.27 bits per heavy atom. The molecular weight excluding hydrogens is 136 g/mol. The summed E-state index contributed by atoms with van der Waals surface area (Å²) in [5.41, 5.74) is 1.34. The van der Waals surface area contributed by atoms with Crippen LogP contribution in [0.25, 0.3) is 0 Å². The van der Waals surface area contributed by atoms with E-state index in [2.05, 4.69) is 36.5 Å². The molecule has 0 spiro atoms. The van der Waals surface area contributed by atoms with Gasteiger partial charge in [-0.05, 0) is 6.92 Å². The van der Waals surface area contributed by atoms with Crippen LogP contribution in [0.3, 0.4) is 0 Å². The second-order valence-corrected chi connectivity index (χ2v) is 2.72. The van der Waals surface area contributed by atoms with Crippen molar-refractivity contribution in [2.24, 2.45) is 0 Å². The molecule has 2 nitrogen and oxygen atoms in total. The van der Waals surface area contributed by atoms with Crippen LogP contribution in [0.1, 0.15) is 32.3 Å². The SMILES string of the molecule is CCc1c[n+](CC)c(CC)[nH]1.